The number of amides is 1. The minimum atomic E-state index is -0.160. The van der Waals surface area contributed by atoms with Crippen LogP contribution in [0.3, 0.4) is 0 Å². The van der Waals surface area contributed by atoms with Gasteiger partial charge in [-0.15, -0.1) is 11.3 Å². The number of fused-ring (bicyclic) bond motifs is 1. The van der Waals surface area contributed by atoms with Crippen molar-refractivity contribution in [1.82, 2.24) is 14.5 Å². The first-order valence-electron chi connectivity index (χ1n) is 7.82. The van der Waals surface area contributed by atoms with Gasteiger partial charge >= 0.3 is 0 Å². The zero-order chi connectivity index (χ0) is 17.1. The molecule has 3 rings (SSSR count). The average Bonchev–Trinajstić information content (AvgIpc) is 3.05. The lowest BCUT2D eigenvalue weighted by atomic mass is 10.2. The Labute approximate surface area is 144 Å². The van der Waals surface area contributed by atoms with Crippen molar-refractivity contribution in [3.8, 4) is 0 Å². The second kappa shape index (κ2) is 6.97. The van der Waals surface area contributed by atoms with Gasteiger partial charge in [-0.25, -0.2) is 4.98 Å². The van der Waals surface area contributed by atoms with Gasteiger partial charge in [0.05, 0.1) is 11.8 Å². The van der Waals surface area contributed by atoms with E-state index in [1.165, 1.54) is 22.2 Å². The Hall–Kier alpha value is -2.47. The van der Waals surface area contributed by atoms with Crippen molar-refractivity contribution in [2.75, 3.05) is 0 Å². The van der Waals surface area contributed by atoms with E-state index in [2.05, 4.69) is 4.98 Å². The molecule has 124 valence electrons. The summed E-state index contributed by atoms with van der Waals surface area (Å²) >= 11 is 1.35. The Balaban J connectivity index is 1.82. The molecule has 0 saturated heterocycles. The van der Waals surface area contributed by atoms with Crippen LogP contribution >= 0.6 is 11.3 Å². The molecule has 0 N–H and O–H groups in total. The molecule has 0 aliphatic carbocycles. The Bertz CT molecular complexity index is 899. The van der Waals surface area contributed by atoms with Crippen LogP contribution in [0.1, 0.15) is 19.4 Å². The van der Waals surface area contributed by atoms with Crippen molar-refractivity contribution in [1.29, 1.82) is 0 Å². The maximum Gasteiger partial charge on any atom is 0.271 e. The molecule has 0 atom stereocenters. The van der Waals surface area contributed by atoms with E-state index in [0.717, 1.165) is 5.56 Å². The van der Waals surface area contributed by atoms with Crippen LogP contribution in [-0.4, -0.2) is 26.4 Å². The molecule has 1 aromatic carbocycles. The summed E-state index contributed by atoms with van der Waals surface area (Å²) in [4.78, 5) is 31.2. The van der Waals surface area contributed by atoms with E-state index in [4.69, 9.17) is 0 Å². The smallest absolute Gasteiger partial charge is 0.271 e. The lowest BCUT2D eigenvalue weighted by Gasteiger charge is -2.27. The molecule has 24 heavy (non-hydrogen) atoms. The number of hydrogen-bond acceptors (Lipinski definition) is 4. The van der Waals surface area contributed by atoms with Crippen molar-refractivity contribution < 1.29 is 4.79 Å². The van der Waals surface area contributed by atoms with Crippen LogP contribution < -0.4 is 5.56 Å². The topological polar surface area (TPSA) is 55.2 Å². The number of rotatable bonds is 5. The average molecular weight is 341 g/mol. The lowest BCUT2D eigenvalue weighted by molar-refractivity contribution is -0.134. The van der Waals surface area contributed by atoms with Gasteiger partial charge in [0.25, 0.3) is 5.56 Å². The fourth-order valence-electron chi connectivity index (χ4n) is 2.57. The van der Waals surface area contributed by atoms with Gasteiger partial charge in [-0.3, -0.25) is 14.2 Å². The van der Waals surface area contributed by atoms with Crippen LogP contribution in [0.2, 0.25) is 0 Å². The third kappa shape index (κ3) is 3.38. The van der Waals surface area contributed by atoms with Crippen LogP contribution in [-0.2, 0) is 17.9 Å². The van der Waals surface area contributed by atoms with Crippen LogP contribution in [0.5, 0.6) is 0 Å². The van der Waals surface area contributed by atoms with Gasteiger partial charge < -0.3 is 4.90 Å². The van der Waals surface area contributed by atoms with Crippen molar-refractivity contribution in [3.05, 3.63) is 64.0 Å². The molecule has 6 heteroatoms. The highest BCUT2D eigenvalue weighted by atomic mass is 32.1. The summed E-state index contributed by atoms with van der Waals surface area (Å²) in [5, 5.41) is 1.83. The van der Waals surface area contributed by atoms with E-state index in [-0.39, 0.29) is 24.1 Å². The first kappa shape index (κ1) is 16.4. The highest BCUT2D eigenvalue weighted by Crippen LogP contribution is 2.14. The van der Waals surface area contributed by atoms with Gasteiger partial charge in [-0.1, -0.05) is 30.3 Å². The van der Waals surface area contributed by atoms with E-state index in [1.54, 1.807) is 4.90 Å². The number of carbonyl (C=O) groups is 1. The number of carbonyl (C=O) groups excluding carboxylic acids is 1. The number of benzene rings is 1. The van der Waals surface area contributed by atoms with Gasteiger partial charge in [0.1, 0.15) is 11.2 Å². The Morgan fingerprint density at radius 1 is 1.25 bits per heavy atom. The summed E-state index contributed by atoms with van der Waals surface area (Å²) < 4.78 is 1.98. The summed E-state index contributed by atoms with van der Waals surface area (Å²) in [5.41, 5.74) is 1.59. The Morgan fingerprint density at radius 2 is 2.00 bits per heavy atom. The Morgan fingerprint density at radius 3 is 2.71 bits per heavy atom. The summed E-state index contributed by atoms with van der Waals surface area (Å²) in [6.45, 7) is 4.49. The summed E-state index contributed by atoms with van der Waals surface area (Å²) in [6.07, 6.45) is 1.45. The number of thiophene rings is 1. The first-order chi connectivity index (χ1) is 11.6. The minimum Gasteiger partial charge on any atom is -0.334 e. The van der Waals surface area contributed by atoms with E-state index in [1.807, 2.05) is 55.6 Å². The normalized spacial score (nSPS) is 11.1. The third-order valence-corrected chi connectivity index (χ3v) is 4.77. The Kier molecular flexibility index (Phi) is 4.76. The molecule has 2 aromatic heterocycles. The number of hydrogen-bond donors (Lipinski definition) is 0. The maximum absolute atomic E-state index is 12.7. The molecule has 3 aromatic rings. The molecule has 0 fully saturated rings. The van der Waals surface area contributed by atoms with Crippen LogP contribution in [0.25, 0.3) is 10.2 Å². The van der Waals surface area contributed by atoms with Gasteiger partial charge in [-0.2, -0.15) is 0 Å². The molecular formula is C18H19N3O2S. The van der Waals surface area contributed by atoms with Gasteiger partial charge in [0, 0.05) is 12.6 Å². The van der Waals surface area contributed by atoms with Gasteiger partial charge in [-0.05, 0) is 30.9 Å². The zero-order valence-corrected chi connectivity index (χ0v) is 14.5. The second-order valence-electron chi connectivity index (χ2n) is 5.91. The number of nitrogens with zero attached hydrogens (tertiary/aromatic N) is 3. The predicted molar refractivity (Wildman–Crippen MR) is 96.0 cm³/mol. The molecule has 0 unspecified atom stereocenters. The maximum atomic E-state index is 12.7. The molecule has 0 saturated carbocycles. The van der Waals surface area contributed by atoms with Crippen molar-refractivity contribution in [2.24, 2.45) is 0 Å². The monoisotopic (exact) mass is 341 g/mol. The fourth-order valence-corrected chi connectivity index (χ4v) is 3.36. The van der Waals surface area contributed by atoms with Crippen LogP contribution in [0.4, 0.5) is 0 Å². The second-order valence-corrected chi connectivity index (χ2v) is 6.83. The summed E-state index contributed by atoms with van der Waals surface area (Å²) in [6, 6.07) is 11.7. The highest BCUT2D eigenvalue weighted by molar-refractivity contribution is 7.17. The zero-order valence-electron chi connectivity index (χ0n) is 13.7. The van der Waals surface area contributed by atoms with Crippen LogP contribution in [0.15, 0.2) is 52.9 Å². The van der Waals surface area contributed by atoms with E-state index in [0.29, 0.717) is 16.8 Å². The van der Waals surface area contributed by atoms with Gasteiger partial charge in [0.2, 0.25) is 5.91 Å². The fraction of sp³-hybridized carbons (Fsp3) is 0.278. The standard InChI is InChI=1S/C18H19N3O2S/c1-13(2)21(10-14-6-4-3-5-7-14)16(22)11-20-12-19-15-8-9-24-17(15)18(20)23/h3-9,12-13H,10-11H2,1-2H3. The summed E-state index contributed by atoms with van der Waals surface area (Å²) in [7, 11) is 0. The molecule has 1 amide bonds. The molecular weight excluding hydrogens is 322 g/mol. The van der Waals surface area contributed by atoms with E-state index < -0.39 is 0 Å². The molecule has 5 nitrogen and oxygen atoms in total. The SMILES string of the molecule is CC(C)N(Cc1ccccc1)C(=O)Cn1cnc2ccsc2c1=O. The van der Waals surface area contributed by atoms with Crippen molar-refractivity contribution >= 4 is 27.5 Å². The van der Waals surface area contributed by atoms with Crippen LogP contribution in [0, 0.1) is 0 Å². The van der Waals surface area contributed by atoms with Gasteiger partial charge in [0.15, 0.2) is 0 Å². The van der Waals surface area contributed by atoms with E-state index >= 15 is 0 Å². The largest absolute Gasteiger partial charge is 0.334 e. The van der Waals surface area contributed by atoms with E-state index in [9.17, 15) is 9.59 Å². The molecule has 0 radical (unpaired) electrons. The molecule has 0 aliphatic heterocycles. The minimum absolute atomic E-state index is 0.00465. The molecule has 2 heterocycles. The first-order valence-corrected chi connectivity index (χ1v) is 8.70. The third-order valence-electron chi connectivity index (χ3n) is 3.88. The molecule has 0 aliphatic rings. The van der Waals surface area contributed by atoms with Crippen molar-refractivity contribution in [3.63, 3.8) is 0 Å². The number of aromatic nitrogens is 2. The summed E-state index contributed by atoms with van der Waals surface area (Å²) in [5.74, 6) is -0.0892. The highest BCUT2D eigenvalue weighted by Gasteiger charge is 2.19. The molecule has 0 bridgehead atoms. The van der Waals surface area contributed by atoms with Crippen molar-refractivity contribution in [2.45, 2.75) is 33.0 Å². The predicted octanol–water partition coefficient (Wildman–Crippen LogP) is 2.90. The lowest BCUT2D eigenvalue weighted by Crippen LogP contribution is -2.40. The quantitative estimate of drug-likeness (QED) is 0.717. The molecule has 0 spiro atoms.